The average Bonchev–Trinajstić information content (AvgIpc) is 3.50. The molecule has 0 atom stereocenters. The first-order chi connectivity index (χ1) is 15.6. The van der Waals surface area contributed by atoms with Gasteiger partial charge in [-0.3, -0.25) is 9.59 Å². The van der Waals surface area contributed by atoms with Gasteiger partial charge in [0.15, 0.2) is 5.01 Å². The Kier molecular flexibility index (Phi) is 6.78. The molecule has 10 heteroatoms. The summed E-state index contributed by atoms with van der Waals surface area (Å²) in [5, 5.41) is 14.8. The predicted octanol–water partition coefficient (Wildman–Crippen LogP) is 4.55. The Balaban J connectivity index is 1.27. The summed E-state index contributed by atoms with van der Waals surface area (Å²) in [6.07, 6.45) is 1.56. The summed E-state index contributed by atoms with van der Waals surface area (Å²) in [7, 11) is 0. The van der Waals surface area contributed by atoms with Crippen molar-refractivity contribution in [1.82, 2.24) is 15.5 Å². The monoisotopic (exact) mass is 468 g/mol. The van der Waals surface area contributed by atoms with Crippen LogP contribution in [0.25, 0.3) is 0 Å². The number of benzene rings is 2. The SMILES string of the molecule is O=C(NCc1ccco1)c1ccc(OCc2nnc(C(=O)Nc3ccc(Cl)cc3)s2)cc1. The highest BCUT2D eigenvalue weighted by molar-refractivity contribution is 7.13. The van der Waals surface area contributed by atoms with Gasteiger partial charge >= 0.3 is 0 Å². The van der Waals surface area contributed by atoms with E-state index in [2.05, 4.69) is 20.8 Å². The van der Waals surface area contributed by atoms with Crippen LogP contribution in [0.4, 0.5) is 5.69 Å². The van der Waals surface area contributed by atoms with Crippen LogP contribution in [0.2, 0.25) is 5.02 Å². The first kappa shape index (κ1) is 21.5. The van der Waals surface area contributed by atoms with Crippen LogP contribution in [-0.2, 0) is 13.2 Å². The highest BCUT2D eigenvalue weighted by atomic mass is 35.5. The van der Waals surface area contributed by atoms with Crippen LogP contribution in [-0.4, -0.2) is 22.0 Å². The molecule has 2 aromatic carbocycles. The lowest BCUT2D eigenvalue weighted by atomic mass is 10.2. The van der Waals surface area contributed by atoms with E-state index in [0.717, 1.165) is 11.3 Å². The van der Waals surface area contributed by atoms with E-state index in [-0.39, 0.29) is 23.4 Å². The van der Waals surface area contributed by atoms with Crippen LogP contribution in [0.1, 0.15) is 30.9 Å². The average molecular weight is 469 g/mol. The summed E-state index contributed by atoms with van der Waals surface area (Å²) < 4.78 is 10.9. The molecule has 32 heavy (non-hydrogen) atoms. The van der Waals surface area contributed by atoms with E-state index in [4.69, 9.17) is 20.8 Å². The number of carbonyl (C=O) groups excluding carboxylic acids is 2. The number of hydrogen-bond donors (Lipinski definition) is 2. The van der Waals surface area contributed by atoms with Crippen LogP contribution >= 0.6 is 22.9 Å². The van der Waals surface area contributed by atoms with Crippen molar-refractivity contribution in [3.8, 4) is 5.75 Å². The molecule has 4 aromatic rings. The number of halogens is 1. The van der Waals surface area contributed by atoms with Gasteiger partial charge in [0.1, 0.15) is 18.1 Å². The van der Waals surface area contributed by atoms with Gasteiger partial charge in [-0.1, -0.05) is 22.9 Å². The molecule has 2 aromatic heterocycles. The van der Waals surface area contributed by atoms with E-state index in [1.165, 1.54) is 0 Å². The molecule has 0 saturated carbocycles. The molecule has 0 radical (unpaired) electrons. The minimum Gasteiger partial charge on any atom is -0.486 e. The fourth-order valence-electron chi connectivity index (χ4n) is 2.65. The van der Waals surface area contributed by atoms with Crippen molar-refractivity contribution in [1.29, 1.82) is 0 Å². The maximum Gasteiger partial charge on any atom is 0.286 e. The number of rotatable bonds is 8. The van der Waals surface area contributed by atoms with Crippen LogP contribution < -0.4 is 15.4 Å². The number of nitrogens with zero attached hydrogens (tertiary/aromatic N) is 2. The molecule has 2 heterocycles. The number of aromatic nitrogens is 2. The molecule has 0 aliphatic heterocycles. The van der Waals surface area contributed by atoms with E-state index in [0.29, 0.717) is 39.3 Å². The van der Waals surface area contributed by atoms with Gasteiger partial charge in [0, 0.05) is 16.3 Å². The molecule has 0 fully saturated rings. The highest BCUT2D eigenvalue weighted by Crippen LogP contribution is 2.18. The third-order valence-corrected chi connectivity index (χ3v) is 5.39. The molecule has 162 valence electrons. The lowest BCUT2D eigenvalue weighted by molar-refractivity contribution is 0.0947. The van der Waals surface area contributed by atoms with Crippen LogP contribution in [0.5, 0.6) is 5.75 Å². The summed E-state index contributed by atoms with van der Waals surface area (Å²) in [5.74, 6) is 0.668. The van der Waals surface area contributed by atoms with Crippen molar-refractivity contribution in [2.45, 2.75) is 13.2 Å². The number of furan rings is 1. The molecular formula is C22H17ClN4O4S. The Hall–Kier alpha value is -3.69. The van der Waals surface area contributed by atoms with E-state index in [1.807, 2.05) is 0 Å². The molecule has 0 aliphatic rings. The Morgan fingerprint density at radius 3 is 2.50 bits per heavy atom. The largest absolute Gasteiger partial charge is 0.486 e. The normalized spacial score (nSPS) is 10.5. The predicted molar refractivity (Wildman–Crippen MR) is 120 cm³/mol. The second-order valence-corrected chi connectivity index (χ2v) is 8.04. The van der Waals surface area contributed by atoms with E-state index < -0.39 is 0 Å². The standard InChI is InChI=1S/C22H17ClN4O4S/c23-15-5-7-16(8-6-15)25-21(29)22-27-26-19(32-22)13-31-17-9-3-14(4-10-17)20(28)24-12-18-2-1-11-30-18/h1-11H,12-13H2,(H,24,28)(H,25,29). The third kappa shape index (κ3) is 5.71. The molecule has 2 amide bonds. The van der Waals surface area contributed by atoms with E-state index in [1.54, 1.807) is 66.9 Å². The van der Waals surface area contributed by atoms with Crippen molar-refractivity contribution in [2.24, 2.45) is 0 Å². The molecule has 0 spiro atoms. The Labute approximate surface area is 192 Å². The fraction of sp³-hybridized carbons (Fsp3) is 0.0909. The number of ether oxygens (including phenoxy) is 1. The summed E-state index contributed by atoms with van der Waals surface area (Å²) in [4.78, 5) is 24.5. The maximum absolute atomic E-state index is 12.3. The van der Waals surface area contributed by atoms with Crippen LogP contribution in [0.15, 0.2) is 71.3 Å². The summed E-state index contributed by atoms with van der Waals surface area (Å²) >= 11 is 6.98. The third-order valence-electron chi connectivity index (χ3n) is 4.25. The fourth-order valence-corrected chi connectivity index (χ4v) is 3.43. The van der Waals surface area contributed by atoms with Crippen molar-refractivity contribution in [3.05, 3.63) is 93.3 Å². The van der Waals surface area contributed by atoms with Gasteiger partial charge in [0.25, 0.3) is 11.8 Å². The van der Waals surface area contributed by atoms with Crippen LogP contribution in [0, 0.1) is 0 Å². The second-order valence-electron chi connectivity index (χ2n) is 6.54. The minimum absolute atomic E-state index is 0.149. The van der Waals surface area contributed by atoms with Gasteiger partial charge in [0.2, 0.25) is 5.01 Å². The molecule has 0 bridgehead atoms. The maximum atomic E-state index is 12.3. The number of amides is 2. The Morgan fingerprint density at radius 1 is 1.00 bits per heavy atom. The zero-order valence-corrected chi connectivity index (χ0v) is 18.2. The molecule has 4 rings (SSSR count). The molecule has 0 aliphatic carbocycles. The second kappa shape index (κ2) is 10.1. The zero-order chi connectivity index (χ0) is 22.3. The van der Waals surface area contributed by atoms with Crippen molar-refractivity contribution < 1.29 is 18.7 Å². The number of hydrogen-bond acceptors (Lipinski definition) is 7. The van der Waals surface area contributed by atoms with Crippen molar-refractivity contribution in [3.63, 3.8) is 0 Å². The molecule has 0 unspecified atom stereocenters. The first-order valence-electron chi connectivity index (χ1n) is 9.49. The smallest absolute Gasteiger partial charge is 0.286 e. The van der Waals surface area contributed by atoms with E-state index >= 15 is 0 Å². The highest BCUT2D eigenvalue weighted by Gasteiger charge is 2.14. The topological polar surface area (TPSA) is 106 Å². The Morgan fingerprint density at radius 2 is 1.78 bits per heavy atom. The molecule has 0 saturated heterocycles. The van der Waals surface area contributed by atoms with E-state index in [9.17, 15) is 9.59 Å². The first-order valence-corrected chi connectivity index (χ1v) is 10.7. The molecular weight excluding hydrogens is 452 g/mol. The molecule has 8 nitrogen and oxygen atoms in total. The quantitative estimate of drug-likeness (QED) is 0.393. The van der Waals surface area contributed by atoms with Crippen LogP contribution in [0.3, 0.4) is 0 Å². The van der Waals surface area contributed by atoms with Gasteiger partial charge in [-0.05, 0) is 60.7 Å². The number of anilines is 1. The van der Waals surface area contributed by atoms with Gasteiger partial charge in [-0.15, -0.1) is 10.2 Å². The summed E-state index contributed by atoms with van der Waals surface area (Å²) in [5.41, 5.74) is 1.11. The van der Waals surface area contributed by atoms with Gasteiger partial charge in [-0.25, -0.2) is 0 Å². The van der Waals surface area contributed by atoms with Crippen molar-refractivity contribution in [2.75, 3.05) is 5.32 Å². The summed E-state index contributed by atoms with van der Waals surface area (Å²) in [6.45, 7) is 0.463. The van der Waals surface area contributed by atoms with Gasteiger partial charge in [0.05, 0.1) is 12.8 Å². The van der Waals surface area contributed by atoms with Crippen molar-refractivity contribution >= 4 is 40.4 Å². The lowest BCUT2D eigenvalue weighted by Crippen LogP contribution is -2.22. The number of carbonyl (C=O) groups is 2. The Bertz CT molecular complexity index is 1190. The lowest BCUT2D eigenvalue weighted by Gasteiger charge is -2.06. The summed E-state index contributed by atoms with van der Waals surface area (Å²) in [6, 6.07) is 17.0. The van der Waals surface area contributed by atoms with Gasteiger partial charge in [-0.2, -0.15) is 0 Å². The minimum atomic E-state index is -0.360. The van der Waals surface area contributed by atoms with Gasteiger partial charge < -0.3 is 19.8 Å². The molecule has 2 N–H and O–H groups in total. The zero-order valence-electron chi connectivity index (χ0n) is 16.6. The number of nitrogens with one attached hydrogen (secondary N) is 2.